The van der Waals surface area contributed by atoms with Crippen LogP contribution in [0.3, 0.4) is 0 Å². The highest BCUT2D eigenvalue weighted by molar-refractivity contribution is 5.78. The summed E-state index contributed by atoms with van der Waals surface area (Å²) < 4.78 is 8.10. The number of nitrogens with zero attached hydrogens (tertiary/aromatic N) is 7. The van der Waals surface area contributed by atoms with Crippen LogP contribution in [0.1, 0.15) is 82.2 Å². The van der Waals surface area contributed by atoms with Gasteiger partial charge in [-0.3, -0.25) is 19.3 Å². The summed E-state index contributed by atoms with van der Waals surface area (Å²) in [5.41, 5.74) is 1.49. The number of carbonyl (C=O) groups is 1. The van der Waals surface area contributed by atoms with E-state index >= 15 is 0 Å². The average Bonchev–Trinajstić information content (AvgIpc) is 3.62. The van der Waals surface area contributed by atoms with E-state index < -0.39 is 0 Å². The average molecular weight is 470 g/mol. The van der Waals surface area contributed by atoms with Gasteiger partial charge in [0.2, 0.25) is 17.7 Å². The van der Waals surface area contributed by atoms with Gasteiger partial charge in [-0.05, 0) is 57.5 Å². The van der Waals surface area contributed by atoms with Crippen LogP contribution in [0.2, 0.25) is 0 Å². The Hall–Kier alpha value is -2.26. The van der Waals surface area contributed by atoms with Crippen molar-refractivity contribution in [3.8, 4) is 0 Å². The van der Waals surface area contributed by atoms with E-state index in [1.807, 2.05) is 15.8 Å². The molecule has 2 aromatic rings. The smallest absolute Gasteiger partial charge is 0.236 e. The fraction of sp³-hybridized carbons (Fsp3) is 0.760. The second kappa shape index (κ2) is 9.77. The molecule has 1 spiro atoms. The Bertz CT molecular complexity index is 970. The maximum Gasteiger partial charge on any atom is 0.236 e. The van der Waals surface area contributed by atoms with E-state index in [2.05, 4.69) is 52.1 Å². The van der Waals surface area contributed by atoms with Gasteiger partial charge < -0.3 is 9.32 Å². The van der Waals surface area contributed by atoms with Gasteiger partial charge in [0.1, 0.15) is 0 Å². The van der Waals surface area contributed by atoms with Gasteiger partial charge >= 0.3 is 0 Å². The van der Waals surface area contributed by atoms with E-state index in [4.69, 9.17) is 4.42 Å². The molecule has 0 radical (unpaired) electrons. The Morgan fingerprint density at radius 1 is 1.18 bits per heavy atom. The number of aromatic nitrogens is 4. The largest absolute Gasteiger partial charge is 0.423 e. The molecule has 1 amide bonds. The summed E-state index contributed by atoms with van der Waals surface area (Å²) in [5, 5.41) is 13.2. The lowest BCUT2D eigenvalue weighted by atomic mass is 9.76. The first-order valence-electron chi connectivity index (χ1n) is 13.0. The number of carbonyl (C=O) groups excluding carboxylic acids is 1. The van der Waals surface area contributed by atoms with Crippen LogP contribution in [-0.2, 0) is 17.9 Å². The molecule has 5 heterocycles. The number of hydrogen-bond acceptors (Lipinski definition) is 7. The van der Waals surface area contributed by atoms with Crippen LogP contribution in [0.5, 0.6) is 0 Å². The highest BCUT2D eigenvalue weighted by Gasteiger charge is 2.48. The lowest BCUT2D eigenvalue weighted by Gasteiger charge is -2.39. The Morgan fingerprint density at radius 3 is 2.59 bits per heavy atom. The van der Waals surface area contributed by atoms with Crippen LogP contribution < -0.4 is 0 Å². The highest BCUT2D eigenvalue weighted by Crippen LogP contribution is 2.49. The summed E-state index contributed by atoms with van der Waals surface area (Å²) in [5.74, 6) is 1.82. The van der Waals surface area contributed by atoms with E-state index in [0.717, 1.165) is 77.9 Å². The van der Waals surface area contributed by atoms with Gasteiger partial charge in [0, 0.05) is 50.4 Å². The lowest BCUT2D eigenvalue weighted by molar-refractivity contribution is -0.131. The van der Waals surface area contributed by atoms with Gasteiger partial charge in [-0.1, -0.05) is 13.8 Å². The van der Waals surface area contributed by atoms with Crippen molar-refractivity contribution in [2.45, 2.75) is 77.9 Å². The van der Waals surface area contributed by atoms with Crippen LogP contribution in [-0.4, -0.2) is 79.9 Å². The fourth-order valence-corrected chi connectivity index (χ4v) is 5.88. The van der Waals surface area contributed by atoms with Crippen LogP contribution in [0.25, 0.3) is 0 Å². The monoisotopic (exact) mass is 469 g/mol. The van der Waals surface area contributed by atoms with Crippen molar-refractivity contribution >= 4 is 5.91 Å². The van der Waals surface area contributed by atoms with E-state index in [0.29, 0.717) is 18.3 Å². The molecule has 9 heteroatoms. The number of amides is 1. The van der Waals surface area contributed by atoms with Gasteiger partial charge in [-0.25, -0.2) is 0 Å². The van der Waals surface area contributed by atoms with Crippen molar-refractivity contribution in [2.75, 3.05) is 39.3 Å². The van der Waals surface area contributed by atoms with Crippen molar-refractivity contribution in [2.24, 2.45) is 5.41 Å². The van der Waals surface area contributed by atoms with Crippen molar-refractivity contribution in [1.82, 2.24) is 34.7 Å². The molecule has 3 saturated heterocycles. The molecule has 1 unspecified atom stereocenters. The standard InChI is InChI=1S/C25H39N7O2/c1-4-32-16-20(14-26-32)15-29-11-7-25(8-12-29)13-21(24-28-27-23(34-24)19(2)3)31(18-25)17-22(33)30-9-5-6-10-30/h14,16,19,21H,4-13,15,17-18H2,1-3H3. The van der Waals surface area contributed by atoms with Crippen LogP contribution >= 0.6 is 0 Å². The highest BCUT2D eigenvalue weighted by atomic mass is 16.4. The first-order valence-corrected chi connectivity index (χ1v) is 13.0. The molecule has 0 bridgehead atoms. The molecule has 0 saturated carbocycles. The van der Waals surface area contributed by atoms with Gasteiger partial charge in [0.05, 0.1) is 18.8 Å². The first-order chi connectivity index (χ1) is 16.4. The fourth-order valence-electron chi connectivity index (χ4n) is 5.88. The minimum atomic E-state index is 0.0286. The predicted molar refractivity (Wildman–Crippen MR) is 128 cm³/mol. The summed E-state index contributed by atoms with van der Waals surface area (Å²) in [6.45, 7) is 13.4. The molecule has 186 valence electrons. The number of aryl methyl sites for hydroxylation is 1. The second-order valence-corrected chi connectivity index (χ2v) is 10.8. The summed E-state index contributed by atoms with van der Waals surface area (Å²) in [4.78, 5) is 19.9. The Kier molecular flexibility index (Phi) is 6.75. The second-order valence-electron chi connectivity index (χ2n) is 10.8. The van der Waals surface area contributed by atoms with E-state index in [-0.39, 0.29) is 23.3 Å². The molecule has 9 nitrogen and oxygen atoms in total. The molecule has 2 aromatic heterocycles. The quantitative estimate of drug-likeness (QED) is 0.616. The van der Waals surface area contributed by atoms with Crippen LogP contribution in [0.4, 0.5) is 0 Å². The molecular formula is C25H39N7O2. The van der Waals surface area contributed by atoms with Crippen molar-refractivity contribution in [3.05, 3.63) is 29.7 Å². The van der Waals surface area contributed by atoms with Crippen molar-refractivity contribution < 1.29 is 9.21 Å². The molecule has 34 heavy (non-hydrogen) atoms. The number of hydrogen-bond donors (Lipinski definition) is 0. The Morgan fingerprint density at radius 2 is 1.94 bits per heavy atom. The SMILES string of the molecule is CCn1cc(CN2CCC3(CC2)CC(c2nnc(C(C)C)o2)N(CC(=O)N2CCCC2)C3)cn1. The van der Waals surface area contributed by atoms with Gasteiger partial charge in [-0.15, -0.1) is 10.2 Å². The zero-order chi connectivity index (χ0) is 23.7. The number of rotatable bonds is 7. The maximum atomic E-state index is 13.0. The third-order valence-electron chi connectivity index (χ3n) is 7.97. The zero-order valence-electron chi connectivity index (χ0n) is 20.9. The summed E-state index contributed by atoms with van der Waals surface area (Å²) in [6.07, 6.45) is 9.63. The summed E-state index contributed by atoms with van der Waals surface area (Å²) >= 11 is 0. The zero-order valence-corrected chi connectivity index (χ0v) is 20.9. The van der Waals surface area contributed by atoms with Gasteiger partial charge in [-0.2, -0.15) is 5.10 Å². The van der Waals surface area contributed by atoms with Gasteiger partial charge in [0.25, 0.3) is 0 Å². The molecule has 3 aliphatic heterocycles. The van der Waals surface area contributed by atoms with Crippen molar-refractivity contribution in [1.29, 1.82) is 0 Å². The number of piperidine rings is 1. The van der Waals surface area contributed by atoms with E-state index in [1.165, 1.54) is 5.56 Å². The maximum absolute atomic E-state index is 13.0. The Balaban J connectivity index is 1.27. The Labute approximate surface area is 202 Å². The first kappa shape index (κ1) is 23.5. The molecule has 3 aliphatic rings. The minimum absolute atomic E-state index is 0.0286. The third kappa shape index (κ3) is 4.91. The normalized spacial score (nSPS) is 23.5. The molecule has 0 aromatic carbocycles. The molecule has 1 atom stereocenters. The predicted octanol–water partition coefficient (Wildman–Crippen LogP) is 3.06. The molecule has 0 aliphatic carbocycles. The van der Waals surface area contributed by atoms with Crippen LogP contribution in [0, 0.1) is 5.41 Å². The van der Waals surface area contributed by atoms with Gasteiger partial charge in [0.15, 0.2) is 0 Å². The lowest BCUT2D eigenvalue weighted by Crippen LogP contribution is -2.43. The molecule has 0 N–H and O–H groups in total. The minimum Gasteiger partial charge on any atom is -0.423 e. The van der Waals surface area contributed by atoms with E-state index in [9.17, 15) is 4.79 Å². The molecular weight excluding hydrogens is 430 g/mol. The summed E-state index contributed by atoms with van der Waals surface area (Å²) in [7, 11) is 0. The van der Waals surface area contributed by atoms with Crippen molar-refractivity contribution in [3.63, 3.8) is 0 Å². The molecule has 3 fully saturated rings. The van der Waals surface area contributed by atoms with E-state index in [1.54, 1.807) is 0 Å². The summed E-state index contributed by atoms with van der Waals surface area (Å²) in [6, 6.07) is 0.0286. The topological polar surface area (TPSA) is 83.5 Å². The number of likely N-dealkylation sites (tertiary alicyclic amines) is 3. The van der Waals surface area contributed by atoms with Crippen LogP contribution in [0.15, 0.2) is 16.8 Å². The molecule has 5 rings (SSSR count). The third-order valence-corrected chi connectivity index (χ3v) is 7.97.